The fourth-order valence-corrected chi connectivity index (χ4v) is 2.39. The van der Waals surface area contributed by atoms with Crippen LogP contribution in [0.1, 0.15) is 31.1 Å². The number of thioether (sulfide) groups is 1. The van der Waals surface area contributed by atoms with Crippen molar-refractivity contribution in [2.45, 2.75) is 24.8 Å². The van der Waals surface area contributed by atoms with Gasteiger partial charge in [0.05, 0.1) is 30.1 Å². The van der Waals surface area contributed by atoms with Gasteiger partial charge in [-0.25, -0.2) is 0 Å². The maximum atomic E-state index is 11.3. The molecule has 96 valence electrons. The van der Waals surface area contributed by atoms with Gasteiger partial charge in [-0.2, -0.15) is 5.26 Å². The van der Waals surface area contributed by atoms with E-state index in [1.54, 1.807) is 32.0 Å². The van der Waals surface area contributed by atoms with E-state index in [0.717, 1.165) is 4.90 Å². The molecule has 0 amide bonds. The Hall–Kier alpha value is -1.51. The summed E-state index contributed by atoms with van der Waals surface area (Å²) >= 11 is 1.27. The molecule has 1 N–H and O–H groups in total. The number of hydrogen-bond acceptors (Lipinski definition) is 5. The first-order chi connectivity index (χ1) is 8.58. The Morgan fingerprint density at radius 1 is 1.61 bits per heavy atom. The number of hydrogen-bond donors (Lipinski definition) is 1. The minimum absolute atomic E-state index is 0.169. The number of aliphatic hydroxyl groups excluding tert-OH is 1. The molecule has 1 aromatic carbocycles. The lowest BCUT2D eigenvalue weighted by atomic mass is 10.1. The summed E-state index contributed by atoms with van der Waals surface area (Å²) in [6, 6.07) is 7.06. The predicted octanol–water partition coefficient (Wildman–Crippen LogP) is 2.27. The molecule has 0 aromatic heterocycles. The summed E-state index contributed by atoms with van der Waals surface area (Å²) in [5.74, 6) is -0.135. The van der Waals surface area contributed by atoms with Gasteiger partial charge in [-0.1, -0.05) is 6.07 Å². The molecular weight excluding hydrogens is 250 g/mol. The number of aliphatic hydroxyl groups is 1. The Morgan fingerprint density at radius 2 is 2.33 bits per heavy atom. The summed E-state index contributed by atoms with van der Waals surface area (Å²) < 4.78 is 4.83. The molecule has 0 heterocycles. The molecule has 0 aliphatic heterocycles. The van der Waals surface area contributed by atoms with E-state index in [0.29, 0.717) is 17.7 Å². The molecule has 0 saturated heterocycles. The third kappa shape index (κ3) is 4.06. The number of esters is 1. The van der Waals surface area contributed by atoms with Crippen LogP contribution in [0.2, 0.25) is 0 Å². The van der Waals surface area contributed by atoms with Crippen molar-refractivity contribution >= 4 is 17.7 Å². The maximum absolute atomic E-state index is 11.3. The molecule has 0 fully saturated rings. The van der Waals surface area contributed by atoms with Crippen molar-refractivity contribution in [1.82, 2.24) is 0 Å². The van der Waals surface area contributed by atoms with Crippen molar-refractivity contribution in [3.05, 3.63) is 29.3 Å². The van der Waals surface area contributed by atoms with Crippen molar-refractivity contribution < 1.29 is 14.6 Å². The Labute approximate surface area is 111 Å². The summed E-state index contributed by atoms with van der Waals surface area (Å²) in [6.45, 7) is 3.75. The van der Waals surface area contributed by atoms with E-state index in [1.165, 1.54) is 11.8 Å². The summed E-state index contributed by atoms with van der Waals surface area (Å²) in [4.78, 5) is 12.0. The molecule has 1 aromatic rings. The first-order valence-electron chi connectivity index (χ1n) is 5.59. The van der Waals surface area contributed by atoms with E-state index < -0.39 is 6.10 Å². The van der Waals surface area contributed by atoms with Gasteiger partial charge in [-0.3, -0.25) is 4.79 Å². The highest BCUT2D eigenvalue weighted by Gasteiger charge is 2.11. The van der Waals surface area contributed by atoms with Crippen LogP contribution in [-0.2, 0) is 9.53 Å². The lowest BCUT2D eigenvalue weighted by Crippen LogP contribution is -2.07. The largest absolute Gasteiger partial charge is 0.465 e. The van der Waals surface area contributed by atoms with E-state index in [9.17, 15) is 9.90 Å². The summed E-state index contributed by atoms with van der Waals surface area (Å²) in [6.07, 6.45) is -0.637. The van der Waals surface area contributed by atoms with Crippen molar-refractivity contribution in [3.63, 3.8) is 0 Å². The van der Waals surface area contributed by atoms with Crippen LogP contribution in [0, 0.1) is 11.3 Å². The van der Waals surface area contributed by atoms with Crippen molar-refractivity contribution in [2.75, 3.05) is 12.4 Å². The first-order valence-corrected chi connectivity index (χ1v) is 6.57. The van der Waals surface area contributed by atoms with Crippen LogP contribution in [0.5, 0.6) is 0 Å². The Morgan fingerprint density at radius 3 is 2.89 bits per heavy atom. The molecule has 0 aliphatic carbocycles. The quantitative estimate of drug-likeness (QED) is 0.653. The van der Waals surface area contributed by atoms with Gasteiger partial charge in [0.1, 0.15) is 0 Å². The van der Waals surface area contributed by atoms with Crippen LogP contribution in [-0.4, -0.2) is 23.4 Å². The molecule has 1 atom stereocenters. The molecule has 1 unspecified atom stereocenters. The Bertz CT molecular complexity index is 466. The second-order valence-corrected chi connectivity index (χ2v) is 4.65. The predicted molar refractivity (Wildman–Crippen MR) is 69.1 cm³/mol. The van der Waals surface area contributed by atoms with Crippen LogP contribution >= 0.6 is 11.8 Å². The van der Waals surface area contributed by atoms with Gasteiger partial charge in [0.2, 0.25) is 0 Å². The highest BCUT2D eigenvalue weighted by atomic mass is 32.2. The molecule has 0 saturated carbocycles. The van der Waals surface area contributed by atoms with Gasteiger partial charge >= 0.3 is 5.97 Å². The van der Waals surface area contributed by atoms with Crippen molar-refractivity contribution in [1.29, 1.82) is 5.26 Å². The molecule has 0 spiro atoms. The fraction of sp³-hybridized carbons (Fsp3) is 0.385. The normalized spacial score (nSPS) is 11.7. The third-order valence-corrected chi connectivity index (χ3v) is 3.29. The highest BCUT2D eigenvalue weighted by molar-refractivity contribution is 8.00. The zero-order chi connectivity index (χ0) is 13.5. The van der Waals surface area contributed by atoms with Crippen molar-refractivity contribution in [3.8, 4) is 6.07 Å². The lowest BCUT2D eigenvalue weighted by molar-refractivity contribution is -0.139. The summed E-state index contributed by atoms with van der Waals surface area (Å²) in [7, 11) is 0. The number of benzene rings is 1. The van der Waals surface area contributed by atoms with Gasteiger partial charge in [0, 0.05) is 4.90 Å². The molecule has 4 nitrogen and oxygen atoms in total. The van der Waals surface area contributed by atoms with Gasteiger partial charge in [0.15, 0.2) is 0 Å². The van der Waals surface area contributed by atoms with E-state index in [4.69, 9.17) is 10.00 Å². The standard InChI is InChI=1S/C13H15NO3S/c1-3-17-13(16)8-18-12-6-10(7-14)4-5-11(12)9(2)15/h4-6,9,15H,3,8H2,1-2H3. The van der Waals surface area contributed by atoms with Gasteiger partial charge in [-0.05, 0) is 31.5 Å². The minimum Gasteiger partial charge on any atom is -0.465 e. The molecule has 1 rings (SSSR count). The van der Waals surface area contributed by atoms with Crippen LogP contribution in [0.3, 0.4) is 0 Å². The first kappa shape index (κ1) is 14.6. The highest BCUT2D eigenvalue weighted by Crippen LogP contribution is 2.28. The van der Waals surface area contributed by atoms with E-state index in [1.807, 2.05) is 6.07 Å². The number of carbonyl (C=O) groups excluding carboxylic acids is 1. The topological polar surface area (TPSA) is 70.3 Å². The van der Waals surface area contributed by atoms with Crippen LogP contribution in [0.25, 0.3) is 0 Å². The minimum atomic E-state index is -0.637. The number of ether oxygens (including phenoxy) is 1. The number of rotatable bonds is 5. The molecule has 0 bridgehead atoms. The molecular formula is C13H15NO3S. The van der Waals surface area contributed by atoms with Crippen LogP contribution < -0.4 is 0 Å². The number of carbonyl (C=O) groups is 1. The van der Waals surface area contributed by atoms with Crippen LogP contribution in [0.15, 0.2) is 23.1 Å². The van der Waals surface area contributed by atoms with E-state index in [2.05, 4.69) is 0 Å². The van der Waals surface area contributed by atoms with Gasteiger partial charge in [-0.15, -0.1) is 11.8 Å². The van der Waals surface area contributed by atoms with Gasteiger partial charge < -0.3 is 9.84 Å². The lowest BCUT2D eigenvalue weighted by Gasteiger charge is -2.11. The second kappa shape index (κ2) is 7.04. The molecule has 0 aliphatic rings. The second-order valence-electron chi connectivity index (χ2n) is 3.63. The Balaban J connectivity index is 2.85. The van der Waals surface area contributed by atoms with Crippen molar-refractivity contribution in [2.24, 2.45) is 0 Å². The summed E-state index contributed by atoms with van der Waals surface area (Å²) in [5, 5.41) is 18.5. The average Bonchev–Trinajstić information content (AvgIpc) is 2.36. The molecule has 18 heavy (non-hydrogen) atoms. The zero-order valence-corrected chi connectivity index (χ0v) is 11.2. The average molecular weight is 265 g/mol. The van der Waals surface area contributed by atoms with E-state index >= 15 is 0 Å². The third-order valence-electron chi connectivity index (χ3n) is 2.24. The number of nitrogens with zero attached hydrogens (tertiary/aromatic N) is 1. The molecule has 0 radical (unpaired) electrons. The monoisotopic (exact) mass is 265 g/mol. The van der Waals surface area contributed by atoms with Crippen LogP contribution in [0.4, 0.5) is 0 Å². The number of nitriles is 1. The Kier molecular flexibility index (Phi) is 5.69. The summed E-state index contributed by atoms with van der Waals surface area (Å²) in [5.41, 5.74) is 1.22. The maximum Gasteiger partial charge on any atom is 0.316 e. The SMILES string of the molecule is CCOC(=O)CSc1cc(C#N)ccc1C(C)O. The molecule has 5 heteroatoms. The van der Waals surface area contributed by atoms with Gasteiger partial charge in [0.25, 0.3) is 0 Å². The fourth-order valence-electron chi connectivity index (χ4n) is 1.41. The smallest absolute Gasteiger partial charge is 0.316 e. The zero-order valence-electron chi connectivity index (χ0n) is 10.3. The van der Waals surface area contributed by atoms with E-state index in [-0.39, 0.29) is 11.7 Å².